The van der Waals surface area contributed by atoms with Gasteiger partial charge >= 0.3 is 18.0 Å². The van der Waals surface area contributed by atoms with E-state index in [0.29, 0.717) is 4.90 Å². The van der Waals surface area contributed by atoms with Crippen LogP contribution in [0.4, 0.5) is 22.0 Å². The van der Waals surface area contributed by atoms with E-state index >= 15 is 0 Å². The van der Waals surface area contributed by atoms with Crippen molar-refractivity contribution in [3.05, 3.63) is 24.2 Å². The molecule has 1 aromatic rings. The molecular formula is C13H14F5NO4S. The summed E-state index contributed by atoms with van der Waals surface area (Å²) in [6.07, 6.45) is -5.09. The lowest BCUT2D eigenvalue weighted by molar-refractivity contribution is -0.274. The van der Waals surface area contributed by atoms with Gasteiger partial charge in [-0.05, 0) is 25.0 Å². The second-order valence-electron chi connectivity index (χ2n) is 5.45. The molecule has 0 saturated carbocycles. The monoisotopic (exact) mass is 375 g/mol. The van der Waals surface area contributed by atoms with Crippen molar-refractivity contribution in [2.75, 3.05) is 13.1 Å². The number of carbonyl (C=O) groups excluding carboxylic acids is 1. The average Bonchev–Trinajstić information content (AvgIpc) is 2.97. The van der Waals surface area contributed by atoms with Gasteiger partial charge in [-0.25, -0.2) is 8.42 Å². The topological polar surface area (TPSA) is 67.6 Å². The first-order valence-electron chi connectivity index (χ1n) is 6.93. The molecule has 136 valence electrons. The Hall–Kier alpha value is -1.65. The zero-order valence-electron chi connectivity index (χ0n) is 12.2. The van der Waals surface area contributed by atoms with E-state index in [2.05, 4.69) is 0 Å². The van der Waals surface area contributed by atoms with Crippen LogP contribution >= 0.6 is 0 Å². The zero-order chi connectivity index (χ0) is 18.2. The molecule has 1 amide bonds. The van der Waals surface area contributed by atoms with Crippen LogP contribution in [-0.2, 0) is 20.4 Å². The molecule has 5 nitrogen and oxygen atoms in total. The maximum atomic E-state index is 13.0. The molecule has 0 aliphatic carbocycles. The molecule has 24 heavy (non-hydrogen) atoms. The summed E-state index contributed by atoms with van der Waals surface area (Å²) in [6, 6.07) is 2.96. The van der Waals surface area contributed by atoms with Crippen molar-refractivity contribution in [3.63, 3.8) is 0 Å². The number of halogens is 5. The van der Waals surface area contributed by atoms with Crippen LogP contribution in [0.25, 0.3) is 0 Å². The number of furan rings is 1. The number of piperidine rings is 1. The lowest BCUT2D eigenvalue weighted by Gasteiger charge is -2.34. The molecule has 0 bridgehead atoms. The van der Waals surface area contributed by atoms with Crippen LogP contribution in [0.15, 0.2) is 22.8 Å². The number of rotatable bonds is 4. The number of likely N-dealkylation sites (tertiary alicyclic amines) is 1. The highest BCUT2D eigenvalue weighted by Gasteiger charge is 2.64. The van der Waals surface area contributed by atoms with Crippen molar-refractivity contribution in [1.82, 2.24) is 4.90 Å². The Morgan fingerprint density at radius 1 is 1.21 bits per heavy atom. The lowest BCUT2D eigenvalue weighted by Crippen LogP contribution is -2.54. The summed E-state index contributed by atoms with van der Waals surface area (Å²) in [5.41, 5.74) is 0. The van der Waals surface area contributed by atoms with Gasteiger partial charge in [0.25, 0.3) is 0 Å². The van der Waals surface area contributed by atoms with Gasteiger partial charge in [0, 0.05) is 13.1 Å². The van der Waals surface area contributed by atoms with E-state index < -0.39 is 51.9 Å². The molecule has 1 aromatic heterocycles. The second-order valence-corrected chi connectivity index (χ2v) is 7.73. The molecule has 0 N–H and O–H groups in total. The van der Waals surface area contributed by atoms with Crippen molar-refractivity contribution in [3.8, 4) is 0 Å². The molecule has 0 radical (unpaired) electrons. The Balaban J connectivity index is 1.99. The molecule has 2 rings (SSSR count). The fourth-order valence-electron chi connectivity index (χ4n) is 2.45. The number of sulfone groups is 1. The summed E-state index contributed by atoms with van der Waals surface area (Å²) >= 11 is 0. The Morgan fingerprint density at radius 3 is 2.25 bits per heavy atom. The Morgan fingerprint density at radius 2 is 1.79 bits per heavy atom. The molecular weight excluding hydrogens is 361 g/mol. The molecule has 1 aliphatic rings. The van der Waals surface area contributed by atoms with Crippen LogP contribution in [0, 0.1) is 0 Å². The van der Waals surface area contributed by atoms with Gasteiger partial charge in [0.1, 0.15) is 11.5 Å². The zero-order valence-corrected chi connectivity index (χ0v) is 13.0. The van der Waals surface area contributed by atoms with E-state index in [1.807, 2.05) is 0 Å². The van der Waals surface area contributed by atoms with Gasteiger partial charge in [0.2, 0.25) is 0 Å². The Bertz CT molecular complexity index is 676. The van der Waals surface area contributed by atoms with Crippen molar-refractivity contribution in [2.24, 2.45) is 0 Å². The van der Waals surface area contributed by atoms with E-state index in [4.69, 9.17) is 4.42 Å². The first-order valence-corrected chi connectivity index (χ1v) is 8.64. The van der Waals surface area contributed by atoms with Gasteiger partial charge < -0.3 is 9.32 Å². The molecule has 11 heteroatoms. The van der Waals surface area contributed by atoms with E-state index in [0.717, 1.165) is 0 Å². The van der Waals surface area contributed by atoms with Crippen LogP contribution in [0.3, 0.4) is 0 Å². The van der Waals surface area contributed by atoms with E-state index in [1.165, 1.54) is 18.4 Å². The first-order chi connectivity index (χ1) is 10.9. The lowest BCUT2D eigenvalue weighted by atomic mass is 10.1. The van der Waals surface area contributed by atoms with Gasteiger partial charge in [0.15, 0.2) is 9.84 Å². The van der Waals surface area contributed by atoms with Crippen molar-refractivity contribution in [1.29, 1.82) is 0 Å². The second kappa shape index (κ2) is 6.34. The highest BCUT2D eigenvalue weighted by atomic mass is 32.2. The predicted molar refractivity (Wildman–Crippen MR) is 71.9 cm³/mol. The highest BCUT2D eigenvalue weighted by Crippen LogP contribution is 2.37. The van der Waals surface area contributed by atoms with E-state index in [9.17, 15) is 35.2 Å². The Labute approximate surface area is 134 Å². The molecule has 1 aliphatic heterocycles. The summed E-state index contributed by atoms with van der Waals surface area (Å²) in [5, 5.41) is -0.925. The molecule has 0 unspecified atom stereocenters. The Kier molecular flexibility index (Phi) is 4.93. The smallest absolute Gasteiger partial charge is 0.463 e. The van der Waals surface area contributed by atoms with Gasteiger partial charge in [0.05, 0.1) is 11.5 Å². The normalized spacial score (nSPS) is 18.0. The fraction of sp³-hybridized carbons (Fsp3) is 0.615. The summed E-state index contributed by atoms with van der Waals surface area (Å²) in [5.74, 6) is -8.02. The van der Waals surface area contributed by atoms with Gasteiger partial charge in [-0.1, -0.05) is 0 Å². The number of carbonyl (C=O) groups is 1. The minimum absolute atomic E-state index is 0.206. The third-order valence-corrected chi connectivity index (χ3v) is 5.96. The van der Waals surface area contributed by atoms with Gasteiger partial charge in [-0.2, -0.15) is 22.0 Å². The number of alkyl halides is 5. The fourth-order valence-corrected chi connectivity index (χ4v) is 4.17. The largest absolute Gasteiger partial charge is 0.468 e. The minimum atomic E-state index is -5.98. The maximum absolute atomic E-state index is 13.0. The maximum Gasteiger partial charge on any atom is 0.463 e. The quantitative estimate of drug-likeness (QED) is 0.758. The number of hydrogen-bond acceptors (Lipinski definition) is 4. The standard InChI is InChI=1S/C13H14F5NO4S/c14-12(15,13(16,17)18)11(20)19-5-3-10(4-6-19)24(21,22)8-9-2-1-7-23-9/h1-2,7,10H,3-6,8H2. The average molecular weight is 375 g/mol. The molecule has 1 fully saturated rings. The van der Waals surface area contributed by atoms with Crippen LogP contribution in [-0.4, -0.2) is 49.7 Å². The van der Waals surface area contributed by atoms with Gasteiger partial charge in [-0.3, -0.25) is 4.79 Å². The van der Waals surface area contributed by atoms with Crippen molar-refractivity contribution < 1.29 is 39.6 Å². The molecule has 1 saturated heterocycles. The number of amides is 1. The summed E-state index contributed by atoms with van der Waals surface area (Å²) in [4.78, 5) is 11.7. The van der Waals surface area contributed by atoms with Crippen LogP contribution in [0.2, 0.25) is 0 Å². The highest BCUT2D eigenvalue weighted by molar-refractivity contribution is 7.91. The third-order valence-electron chi connectivity index (χ3n) is 3.79. The van der Waals surface area contributed by atoms with Crippen molar-refractivity contribution >= 4 is 15.7 Å². The summed E-state index contributed by atoms with van der Waals surface area (Å²) < 4.78 is 92.0. The van der Waals surface area contributed by atoms with Crippen LogP contribution < -0.4 is 0 Å². The molecule has 0 aromatic carbocycles. The number of hydrogen-bond donors (Lipinski definition) is 0. The minimum Gasteiger partial charge on any atom is -0.468 e. The summed E-state index contributed by atoms with van der Waals surface area (Å²) in [6.45, 7) is -0.959. The predicted octanol–water partition coefficient (Wildman–Crippen LogP) is 2.38. The SMILES string of the molecule is O=C(N1CCC(S(=O)(=O)Cc2ccco2)CC1)C(F)(F)C(F)(F)F. The molecule has 2 heterocycles. The van der Waals surface area contributed by atoms with Crippen LogP contribution in [0.5, 0.6) is 0 Å². The first kappa shape index (κ1) is 18.7. The molecule has 0 spiro atoms. The van der Waals surface area contributed by atoms with Gasteiger partial charge in [-0.15, -0.1) is 0 Å². The number of nitrogens with zero attached hydrogens (tertiary/aromatic N) is 1. The summed E-state index contributed by atoms with van der Waals surface area (Å²) in [7, 11) is -3.66. The molecule has 0 atom stereocenters. The van der Waals surface area contributed by atoms with Crippen LogP contribution in [0.1, 0.15) is 18.6 Å². The third kappa shape index (κ3) is 3.70. The van der Waals surface area contributed by atoms with E-state index in [1.54, 1.807) is 0 Å². The van der Waals surface area contributed by atoms with Crippen molar-refractivity contribution in [2.45, 2.75) is 35.9 Å². The van der Waals surface area contributed by atoms with E-state index in [-0.39, 0.29) is 18.6 Å².